The number of nitrogens with zero attached hydrogens (tertiary/aromatic N) is 4. The van der Waals surface area contributed by atoms with Gasteiger partial charge < -0.3 is 20.1 Å². The zero-order chi connectivity index (χ0) is 21.0. The Bertz CT molecular complexity index is 1040. The summed E-state index contributed by atoms with van der Waals surface area (Å²) in [6, 6.07) is 12.0. The molecule has 0 atom stereocenters. The summed E-state index contributed by atoms with van der Waals surface area (Å²) in [6.07, 6.45) is 1.95. The maximum Gasteiger partial charge on any atom is 0.191 e. The zero-order valence-corrected chi connectivity index (χ0v) is 17.7. The van der Waals surface area contributed by atoms with Crippen LogP contribution in [0, 0.1) is 0 Å². The Morgan fingerprint density at radius 2 is 1.93 bits per heavy atom. The molecule has 3 aromatic rings. The summed E-state index contributed by atoms with van der Waals surface area (Å²) in [5.74, 6) is 3.17. The van der Waals surface area contributed by atoms with Gasteiger partial charge in [0.05, 0.1) is 0 Å². The van der Waals surface area contributed by atoms with E-state index in [0.29, 0.717) is 26.3 Å². The molecule has 0 radical (unpaired) electrons. The summed E-state index contributed by atoms with van der Waals surface area (Å²) in [4.78, 5) is 4.70. The minimum absolute atomic E-state index is 0.131. The van der Waals surface area contributed by atoms with E-state index in [-0.39, 0.29) is 5.41 Å². The average molecular weight is 409 g/mol. The van der Waals surface area contributed by atoms with E-state index in [1.807, 2.05) is 34.9 Å². The first-order chi connectivity index (χ1) is 14.6. The number of rotatable bonds is 6. The van der Waals surface area contributed by atoms with Crippen LogP contribution in [0.2, 0.25) is 0 Å². The van der Waals surface area contributed by atoms with Crippen LogP contribution in [-0.2, 0) is 12.0 Å². The smallest absolute Gasteiger partial charge is 0.191 e. The van der Waals surface area contributed by atoms with Gasteiger partial charge in [0.25, 0.3) is 0 Å². The van der Waals surface area contributed by atoms with Crippen molar-refractivity contribution in [2.75, 3.05) is 26.3 Å². The molecule has 0 saturated heterocycles. The predicted molar refractivity (Wildman–Crippen MR) is 116 cm³/mol. The van der Waals surface area contributed by atoms with E-state index in [9.17, 15) is 0 Å². The van der Waals surface area contributed by atoms with Gasteiger partial charge in [0.2, 0.25) is 0 Å². The first kappa shape index (κ1) is 20.0. The van der Waals surface area contributed by atoms with E-state index in [4.69, 9.17) is 14.5 Å². The lowest BCUT2D eigenvalue weighted by molar-refractivity contribution is 0.171. The quantitative estimate of drug-likeness (QED) is 0.482. The Morgan fingerprint density at radius 1 is 1.10 bits per heavy atom. The minimum Gasteiger partial charge on any atom is -0.486 e. The molecule has 0 amide bonds. The maximum atomic E-state index is 5.74. The van der Waals surface area contributed by atoms with Gasteiger partial charge in [0, 0.05) is 24.7 Å². The molecule has 1 aliphatic rings. The second-order valence-corrected chi connectivity index (χ2v) is 7.84. The van der Waals surface area contributed by atoms with Crippen LogP contribution in [0.5, 0.6) is 11.5 Å². The van der Waals surface area contributed by atoms with E-state index < -0.39 is 0 Å². The van der Waals surface area contributed by atoms with Crippen LogP contribution in [0.1, 0.15) is 32.2 Å². The van der Waals surface area contributed by atoms with Crippen LogP contribution in [0.25, 0.3) is 5.65 Å². The van der Waals surface area contributed by atoms with Crippen molar-refractivity contribution in [3.05, 3.63) is 54.0 Å². The Kier molecular flexibility index (Phi) is 5.74. The second-order valence-electron chi connectivity index (χ2n) is 7.84. The van der Waals surface area contributed by atoms with Crippen molar-refractivity contribution >= 4 is 11.6 Å². The van der Waals surface area contributed by atoms with Crippen molar-refractivity contribution in [1.29, 1.82) is 0 Å². The van der Waals surface area contributed by atoms with Crippen LogP contribution in [0.4, 0.5) is 0 Å². The lowest BCUT2D eigenvalue weighted by atomic mass is 9.84. The standard InChI is InChI=1S/C22H28N6O2/c1-4-23-21(24-14-20-27-26-19-7-5-6-10-28(19)20)25-15-22(2,3)16-8-9-17-18(13-16)30-12-11-29-17/h5-10,13H,4,11-12,14-15H2,1-3H3,(H2,23,24,25). The molecule has 2 aromatic heterocycles. The number of ether oxygens (including phenoxy) is 2. The fourth-order valence-corrected chi connectivity index (χ4v) is 3.36. The molecule has 0 saturated carbocycles. The van der Waals surface area contributed by atoms with E-state index in [1.165, 1.54) is 5.56 Å². The van der Waals surface area contributed by atoms with Gasteiger partial charge in [-0.1, -0.05) is 26.0 Å². The Labute approximate surface area is 176 Å². The molecule has 158 valence electrons. The highest BCUT2D eigenvalue weighted by Crippen LogP contribution is 2.34. The molecule has 8 heteroatoms. The average Bonchev–Trinajstić information content (AvgIpc) is 3.18. The summed E-state index contributed by atoms with van der Waals surface area (Å²) in [5, 5.41) is 15.2. The van der Waals surface area contributed by atoms with Crippen LogP contribution in [0.15, 0.2) is 47.6 Å². The number of nitrogens with one attached hydrogen (secondary N) is 2. The van der Waals surface area contributed by atoms with Crippen LogP contribution in [0.3, 0.4) is 0 Å². The number of aliphatic imine (C=N–C) groups is 1. The summed E-state index contributed by atoms with van der Waals surface area (Å²) < 4.78 is 13.3. The zero-order valence-electron chi connectivity index (χ0n) is 17.7. The molecule has 30 heavy (non-hydrogen) atoms. The molecule has 0 fully saturated rings. The Balaban J connectivity index is 1.45. The molecule has 3 heterocycles. The van der Waals surface area contributed by atoms with E-state index in [1.54, 1.807) is 0 Å². The molecule has 1 aromatic carbocycles. The number of hydrogen-bond donors (Lipinski definition) is 2. The summed E-state index contributed by atoms with van der Waals surface area (Å²) >= 11 is 0. The fraction of sp³-hybridized carbons (Fsp3) is 0.409. The number of hydrogen-bond acceptors (Lipinski definition) is 5. The van der Waals surface area contributed by atoms with Gasteiger partial charge in [0.15, 0.2) is 28.9 Å². The van der Waals surface area contributed by atoms with E-state index >= 15 is 0 Å². The highest BCUT2D eigenvalue weighted by atomic mass is 16.6. The molecule has 8 nitrogen and oxygen atoms in total. The third-order valence-electron chi connectivity index (χ3n) is 5.13. The summed E-state index contributed by atoms with van der Waals surface area (Å²) in [5.41, 5.74) is 1.87. The van der Waals surface area contributed by atoms with Gasteiger partial charge in [-0.05, 0) is 36.8 Å². The predicted octanol–water partition coefficient (Wildman–Crippen LogP) is 2.53. The lowest BCUT2D eigenvalue weighted by Crippen LogP contribution is -2.43. The largest absolute Gasteiger partial charge is 0.486 e. The maximum absolute atomic E-state index is 5.74. The van der Waals surface area contributed by atoms with Crippen molar-refractivity contribution in [2.24, 2.45) is 4.99 Å². The molecule has 4 rings (SSSR count). The third-order valence-corrected chi connectivity index (χ3v) is 5.13. The van der Waals surface area contributed by atoms with Crippen molar-refractivity contribution < 1.29 is 9.47 Å². The van der Waals surface area contributed by atoms with Gasteiger partial charge >= 0.3 is 0 Å². The third kappa shape index (κ3) is 4.32. The SMILES string of the molecule is CCNC(=NCc1nnc2ccccn12)NCC(C)(C)c1ccc2c(c1)OCCO2. The lowest BCUT2D eigenvalue weighted by Gasteiger charge is -2.28. The van der Waals surface area contributed by atoms with Crippen LogP contribution in [-0.4, -0.2) is 46.9 Å². The van der Waals surface area contributed by atoms with E-state index in [2.05, 4.69) is 53.7 Å². The number of guanidine groups is 1. The molecular weight excluding hydrogens is 380 g/mol. The second kappa shape index (κ2) is 8.61. The van der Waals surface area contributed by atoms with Gasteiger partial charge in [-0.25, -0.2) is 4.99 Å². The van der Waals surface area contributed by atoms with Crippen molar-refractivity contribution in [3.8, 4) is 11.5 Å². The van der Waals surface area contributed by atoms with Gasteiger partial charge in [0.1, 0.15) is 19.8 Å². The van der Waals surface area contributed by atoms with E-state index in [0.717, 1.165) is 35.5 Å². The number of pyridine rings is 1. The minimum atomic E-state index is -0.131. The van der Waals surface area contributed by atoms with Crippen molar-refractivity contribution in [1.82, 2.24) is 25.2 Å². The van der Waals surface area contributed by atoms with Crippen molar-refractivity contribution in [3.63, 3.8) is 0 Å². The number of aromatic nitrogens is 3. The Morgan fingerprint density at radius 3 is 2.77 bits per heavy atom. The normalized spacial score (nSPS) is 14.0. The fourth-order valence-electron chi connectivity index (χ4n) is 3.36. The molecule has 2 N–H and O–H groups in total. The van der Waals surface area contributed by atoms with Gasteiger partial charge in [-0.15, -0.1) is 10.2 Å². The monoisotopic (exact) mass is 408 g/mol. The first-order valence-corrected chi connectivity index (χ1v) is 10.3. The summed E-state index contributed by atoms with van der Waals surface area (Å²) in [7, 11) is 0. The topological polar surface area (TPSA) is 85.1 Å². The number of fused-ring (bicyclic) bond motifs is 2. The first-order valence-electron chi connectivity index (χ1n) is 10.3. The van der Waals surface area contributed by atoms with Crippen LogP contribution >= 0.6 is 0 Å². The van der Waals surface area contributed by atoms with Gasteiger partial charge in [-0.2, -0.15) is 0 Å². The Hall–Kier alpha value is -3.29. The van der Waals surface area contributed by atoms with Crippen LogP contribution < -0.4 is 20.1 Å². The summed E-state index contributed by atoms with van der Waals surface area (Å²) in [6.45, 7) is 9.54. The van der Waals surface area contributed by atoms with Gasteiger partial charge in [-0.3, -0.25) is 4.40 Å². The molecular formula is C22H28N6O2. The molecule has 0 spiro atoms. The highest BCUT2D eigenvalue weighted by Gasteiger charge is 2.24. The molecule has 0 aliphatic carbocycles. The molecule has 1 aliphatic heterocycles. The number of benzene rings is 1. The molecule has 0 unspecified atom stereocenters. The molecule has 0 bridgehead atoms. The van der Waals surface area contributed by atoms with Crippen molar-refractivity contribution in [2.45, 2.75) is 32.7 Å². The highest BCUT2D eigenvalue weighted by molar-refractivity contribution is 5.79.